The van der Waals surface area contributed by atoms with E-state index in [1.54, 1.807) is 24.8 Å². The van der Waals surface area contributed by atoms with Crippen LogP contribution >= 0.6 is 11.6 Å². The van der Waals surface area contributed by atoms with Crippen LogP contribution in [0.2, 0.25) is 5.02 Å². The molecular formula is C19H19ClN4O2. The fourth-order valence-corrected chi connectivity index (χ4v) is 2.85. The Hall–Kier alpha value is -2.70. The van der Waals surface area contributed by atoms with Gasteiger partial charge in [0.2, 0.25) is 5.82 Å². The fraction of sp³-hybridized carbons (Fsp3) is 0.211. The van der Waals surface area contributed by atoms with Crippen molar-refractivity contribution < 1.29 is 9.53 Å². The van der Waals surface area contributed by atoms with Crippen LogP contribution in [-0.2, 0) is 4.74 Å². The van der Waals surface area contributed by atoms with Crippen molar-refractivity contribution in [3.05, 3.63) is 76.8 Å². The molecule has 0 bridgehead atoms. The molecule has 0 radical (unpaired) electrons. The summed E-state index contributed by atoms with van der Waals surface area (Å²) < 4.78 is 6.79. The Morgan fingerprint density at radius 2 is 1.88 bits per heavy atom. The Balaban J connectivity index is 1.84. The van der Waals surface area contributed by atoms with Crippen LogP contribution in [-0.4, -0.2) is 34.4 Å². The largest absolute Gasteiger partial charge is 0.382 e. The van der Waals surface area contributed by atoms with Crippen molar-refractivity contribution in [1.82, 2.24) is 20.1 Å². The maximum atomic E-state index is 12.6. The monoisotopic (exact) mass is 370 g/mol. The number of nitrogens with zero attached hydrogens (tertiary/aromatic N) is 3. The first-order valence-electron chi connectivity index (χ1n) is 8.13. The van der Waals surface area contributed by atoms with Crippen LogP contribution in [0.4, 0.5) is 0 Å². The Kier molecular flexibility index (Phi) is 5.65. The van der Waals surface area contributed by atoms with Gasteiger partial charge < -0.3 is 10.1 Å². The smallest absolute Gasteiger partial charge is 0.291 e. The summed E-state index contributed by atoms with van der Waals surface area (Å²) >= 11 is 6.22. The maximum Gasteiger partial charge on any atom is 0.291 e. The third-order valence-corrected chi connectivity index (χ3v) is 4.21. The molecule has 0 aliphatic carbocycles. The number of carbonyl (C=O) groups is 1. The van der Waals surface area contributed by atoms with Crippen molar-refractivity contribution >= 4 is 17.5 Å². The van der Waals surface area contributed by atoms with E-state index in [2.05, 4.69) is 15.4 Å². The minimum Gasteiger partial charge on any atom is -0.382 e. The Labute approximate surface area is 156 Å². The lowest BCUT2D eigenvalue weighted by Crippen LogP contribution is -2.32. The summed E-state index contributed by atoms with van der Waals surface area (Å²) in [5, 5.41) is 7.77. The molecular weight excluding hydrogens is 352 g/mol. The van der Waals surface area contributed by atoms with E-state index >= 15 is 0 Å². The lowest BCUT2D eigenvalue weighted by atomic mass is 10.1. The fourth-order valence-electron chi connectivity index (χ4n) is 2.63. The SMILES string of the molecule is COCC(NC(=O)c1nc(C)n(-c2ccccc2Cl)n1)c1ccccc1. The molecule has 1 aromatic heterocycles. The number of methoxy groups -OCH3 is 1. The van der Waals surface area contributed by atoms with Crippen molar-refractivity contribution in [2.45, 2.75) is 13.0 Å². The van der Waals surface area contributed by atoms with Crippen LogP contribution in [0.15, 0.2) is 54.6 Å². The van der Waals surface area contributed by atoms with Crippen LogP contribution in [0.5, 0.6) is 0 Å². The minimum absolute atomic E-state index is 0.0828. The highest BCUT2D eigenvalue weighted by Crippen LogP contribution is 2.20. The zero-order valence-electron chi connectivity index (χ0n) is 14.5. The van der Waals surface area contributed by atoms with Gasteiger partial charge in [0.05, 0.1) is 23.4 Å². The van der Waals surface area contributed by atoms with Crippen LogP contribution < -0.4 is 5.32 Å². The second kappa shape index (κ2) is 8.12. The van der Waals surface area contributed by atoms with Gasteiger partial charge in [0.1, 0.15) is 5.82 Å². The van der Waals surface area contributed by atoms with Gasteiger partial charge >= 0.3 is 0 Å². The molecule has 134 valence electrons. The number of aromatic nitrogens is 3. The number of rotatable bonds is 6. The Morgan fingerprint density at radius 3 is 2.58 bits per heavy atom. The van der Waals surface area contributed by atoms with Crippen molar-refractivity contribution in [1.29, 1.82) is 0 Å². The highest BCUT2D eigenvalue weighted by Gasteiger charge is 2.20. The topological polar surface area (TPSA) is 69.0 Å². The van der Waals surface area contributed by atoms with E-state index in [-0.39, 0.29) is 17.8 Å². The molecule has 0 aliphatic rings. The van der Waals surface area contributed by atoms with Crippen molar-refractivity contribution in [3.8, 4) is 5.69 Å². The van der Waals surface area contributed by atoms with E-state index < -0.39 is 0 Å². The first-order valence-corrected chi connectivity index (χ1v) is 8.51. The number of hydrogen-bond donors (Lipinski definition) is 1. The number of aryl methyl sites for hydroxylation is 1. The highest BCUT2D eigenvalue weighted by atomic mass is 35.5. The van der Waals surface area contributed by atoms with Crippen LogP contribution in [0.3, 0.4) is 0 Å². The molecule has 7 heteroatoms. The summed E-state index contributed by atoms with van der Waals surface area (Å²) in [6.45, 7) is 2.12. The summed E-state index contributed by atoms with van der Waals surface area (Å²) in [5.41, 5.74) is 1.62. The number of halogens is 1. The lowest BCUT2D eigenvalue weighted by molar-refractivity contribution is 0.0886. The average molecular weight is 371 g/mol. The molecule has 1 N–H and O–H groups in total. The molecule has 3 rings (SSSR count). The maximum absolute atomic E-state index is 12.6. The summed E-state index contributed by atoms with van der Waals surface area (Å²) in [6.07, 6.45) is 0. The molecule has 1 amide bonds. The van der Waals surface area contributed by atoms with Crippen molar-refractivity contribution in [3.63, 3.8) is 0 Å². The van der Waals surface area contributed by atoms with Gasteiger partial charge in [-0.2, -0.15) is 0 Å². The lowest BCUT2D eigenvalue weighted by Gasteiger charge is -2.17. The molecule has 0 fully saturated rings. The summed E-state index contributed by atoms with van der Waals surface area (Å²) in [4.78, 5) is 16.9. The van der Waals surface area contributed by atoms with Crippen LogP contribution in [0, 0.1) is 6.92 Å². The van der Waals surface area contributed by atoms with E-state index in [0.29, 0.717) is 23.1 Å². The quantitative estimate of drug-likeness (QED) is 0.722. The van der Waals surface area contributed by atoms with Crippen LogP contribution in [0.25, 0.3) is 5.69 Å². The van der Waals surface area contributed by atoms with E-state index in [1.807, 2.05) is 48.5 Å². The standard InChI is InChI=1S/C19H19ClN4O2/c1-13-21-18(23-24(13)17-11-7-6-10-15(17)20)19(25)22-16(12-26-2)14-8-4-3-5-9-14/h3-11,16H,12H2,1-2H3,(H,22,25). The van der Waals surface area contributed by atoms with E-state index in [9.17, 15) is 4.79 Å². The molecule has 2 aromatic carbocycles. The van der Waals surface area contributed by atoms with Gasteiger partial charge in [0.25, 0.3) is 5.91 Å². The molecule has 0 saturated carbocycles. The number of ether oxygens (including phenoxy) is 1. The third kappa shape index (κ3) is 3.92. The molecule has 0 saturated heterocycles. The first kappa shape index (κ1) is 18.1. The summed E-state index contributed by atoms with van der Waals surface area (Å²) in [7, 11) is 1.59. The second-order valence-electron chi connectivity index (χ2n) is 5.74. The van der Waals surface area contributed by atoms with E-state index in [4.69, 9.17) is 16.3 Å². The van der Waals surface area contributed by atoms with E-state index in [0.717, 1.165) is 5.56 Å². The van der Waals surface area contributed by atoms with E-state index in [1.165, 1.54) is 0 Å². The summed E-state index contributed by atoms with van der Waals surface area (Å²) in [6, 6.07) is 16.6. The highest BCUT2D eigenvalue weighted by molar-refractivity contribution is 6.32. The number of para-hydroxylation sites is 1. The van der Waals surface area contributed by atoms with Crippen molar-refractivity contribution in [2.24, 2.45) is 0 Å². The number of benzene rings is 2. The molecule has 1 atom stereocenters. The zero-order chi connectivity index (χ0) is 18.5. The molecule has 6 nitrogen and oxygen atoms in total. The normalized spacial score (nSPS) is 12.0. The average Bonchev–Trinajstić information content (AvgIpc) is 3.04. The number of carbonyl (C=O) groups excluding carboxylic acids is 1. The zero-order valence-corrected chi connectivity index (χ0v) is 15.3. The molecule has 26 heavy (non-hydrogen) atoms. The minimum atomic E-state index is -0.371. The second-order valence-corrected chi connectivity index (χ2v) is 6.15. The first-order chi connectivity index (χ1) is 12.6. The third-order valence-electron chi connectivity index (χ3n) is 3.89. The van der Waals surface area contributed by atoms with Gasteiger partial charge in [0, 0.05) is 7.11 Å². The predicted molar refractivity (Wildman–Crippen MR) is 99.6 cm³/mol. The Bertz CT molecular complexity index is 896. The molecule has 0 spiro atoms. The number of nitrogens with one attached hydrogen (secondary N) is 1. The van der Waals surface area contributed by atoms with Crippen LogP contribution in [0.1, 0.15) is 28.0 Å². The molecule has 1 heterocycles. The van der Waals surface area contributed by atoms with Gasteiger partial charge in [0.15, 0.2) is 0 Å². The van der Waals surface area contributed by atoms with Gasteiger partial charge in [-0.05, 0) is 24.6 Å². The van der Waals surface area contributed by atoms with Gasteiger partial charge in [-0.15, -0.1) is 5.10 Å². The number of amides is 1. The van der Waals surface area contributed by atoms with Gasteiger partial charge in [-0.1, -0.05) is 54.1 Å². The number of hydrogen-bond acceptors (Lipinski definition) is 4. The van der Waals surface area contributed by atoms with Gasteiger partial charge in [-0.25, -0.2) is 9.67 Å². The Morgan fingerprint density at radius 1 is 1.19 bits per heavy atom. The van der Waals surface area contributed by atoms with Crippen molar-refractivity contribution in [2.75, 3.05) is 13.7 Å². The summed E-state index contributed by atoms with van der Waals surface area (Å²) in [5.74, 6) is 0.288. The predicted octanol–water partition coefficient (Wildman–Crippen LogP) is 3.35. The molecule has 3 aromatic rings. The molecule has 0 aliphatic heterocycles. The van der Waals surface area contributed by atoms with Gasteiger partial charge in [-0.3, -0.25) is 4.79 Å². The molecule has 1 unspecified atom stereocenters.